The van der Waals surface area contributed by atoms with Gasteiger partial charge in [-0.3, -0.25) is 14.8 Å². The van der Waals surface area contributed by atoms with Crippen LogP contribution in [-0.2, 0) is 13.1 Å². The van der Waals surface area contributed by atoms with Crippen molar-refractivity contribution in [2.45, 2.75) is 19.5 Å². The van der Waals surface area contributed by atoms with E-state index in [2.05, 4.69) is 57.2 Å². The Kier molecular flexibility index (Phi) is 4.40. The second-order valence-corrected chi connectivity index (χ2v) is 7.16. The zero-order valence-corrected chi connectivity index (χ0v) is 13.6. The molecule has 3 heterocycles. The average molecular weight is 307 g/mol. The van der Waals surface area contributed by atoms with Crippen LogP contribution in [0.1, 0.15) is 17.7 Å². The van der Waals surface area contributed by atoms with Crippen molar-refractivity contribution in [1.82, 2.24) is 14.8 Å². The molecule has 120 valence electrons. The maximum absolute atomic E-state index is 4.49. The molecule has 0 aliphatic carbocycles. The lowest BCUT2D eigenvalue weighted by molar-refractivity contribution is 0.0237. The first kappa shape index (κ1) is 14.9. The first-order valence-corrected chi connectivity index (χ1v) is 8.74. The predicted molar refractivity (Wildman–Crippen MR) is 92.8 cm³/mol. The quantitative estimate of drug-likeness (QED) is 0.865. The van der Waals surface area contributed by atoms with Crippen molar-refractivity contribution in [3.63, 3.8) is 0 Å². The highest BCUT2D eigenvalue weighted by Gasteiger charge is 2.33. The van der Waals surface area contributed by atoms with E-state index in [1.807, 2.05) is 12.3 Å². The van der Waals surface area contributed by atoms with Crippen molar-refractivity contribution in [2.24, 2.45) is 11.8 Å². The molecule has 2 aliphatic rings. The van der Waals surface area contributed by atoms with E-state index in [4.69, 9.17) is 0 Å². The number of nitrogens with zero attached hydrogens (tertiary/aromatic N) is 3. The number of rotatable bonds is 4. The molecule has 3 nitrogen and oxygen atoms in total. The van der Waals surface area contributed by atoms with Crippen LogP contribution >= 0.6 is 0 Å². The Balaban J connectivity index is 1.35. The van der Waals surface area contributed by atoms with Gasteiger partial charge >= 0.3 is 0 Å². The van der Waals surface area contributed by atoms with Crippen molar-refractivity contribution in [3.8, 4) is 0 Å². The number of aromatic nitrogens is 1. The number of hydrogen-bond acceptors (Lipinski definition) is 3. The first-order valence-electron chi connectivity index (χ1n) is 8.74. The first-order chi connectivity index (χ1) is 11.3. The molecule has 3 heteroatoms. The van der Waals surface area contributed by atoms with E-state index in [-0.39, 0.29) is 0 Å². The molecule has 4 rings (SSSR count). The van der Waals surface area contributed by atoms with Crippen molar-refractivity contribution in [3.05, 3.63) is 66.0 Å². The molecule has 1 aromatic carbocycles. The number of piperidine rings is 2. The van der Waals surface area contributed by atoms with Crippen molar-refractivity contribution >= 4 is 0 Å². The Hall–Kier alpha value is -1.71. The molecule has 1 aromatic heterocycles. The van der Waals surface area contributed by atoms with Gasteiger partial charge in [0.2, 0.25) is 0 Å². The lowest BCUT2D eigenvalue weighted by Crippen LogP contribution is -2.52. The Morgan fingerprint density at radius 1 is 0.783 bits per heavy atom. The summed E-state index contributed by atoms with van der Waals surface area (Å²) < 4.78 is 0. The van der Waals surface area contributed by atoms with E-state index in [9.17, 15) is 0 Å². The topological polar surface area (TPSA) is 19.4 Å². The minimum absolute atomic E-state index is 0.815. The molecule has 2 bridgehead atoms. The Bertz CT molecular complexity index is 546. The fourth-order valence-corrected chi connectivity index (χ4v) is 4.32. The Morgan fingerprint density at radius 2 is 1.43 bits per heavy atom. The van der Waals surface area contributed by atoms with Gasteiger partial charge in [-0.25, -0.2) is 0 Å². The average Bonchev–Trinajstić information content (AvgIpc) is 2.56. The van der Waals surface area contributed by atoms with E-state index < -0.39 is 0 Å². The summed E-state index contributed by atoms with van der Waals surface area (Å²) in [5.41, 5.74) is 2.64. The molecule has 2 fully saturated rings. The molecule has 2 unspecified atom stereocenters. The largest absolute Gasteiger partial charge is 0.298 e. The molecule has 23 heavy (non-hydrogen) atoms. The highest BCUT2D eigenvalue weighted by Crippen LogP contribution is 2.30. The standard InChI is InChI=1S/C20H25N3/c1-2-6-17(7-3-1)11-22-12-18-10-19(13-22)15-23(14-18)16-20-8-4-5-9-21-20/h1-9,18-19H,10-16H2. The molecular formula is C20H25N3. The number of pyridine rings is 1. The van der Waals surface area contributed by atoms with E-state index in [1.54, 1.807) is 0 Å². The van der Waals surface area contributed by atoms with Crippen LogP contribution in [0.4, 0.5) is 0 Å². The zero-order valence-electron chi connectivity index (χ0n) is 13.6. The molecule has 0 radical (unpaired) electrons. The van der Waals surface area contributed by atoms with Gasteiger partial charge in [-0.1, -0.05) is 36.4 Å². The fourth-order valence-electron chi connectivity index (χ4n) is 4.32. The van der Waals surface area contributed by atoms with Crippen molar-refractivity contribution in [2.75, 3.05) is 26.2 Å². The molecule has 2 aliphatic heterocycles. The minimum atomic E-state index is 0.815. The van der Waals surface area contributed by atoms with Gasteiger partial charge in [0.05, 0.1) is 5.69 Å². The number of likely N-dealkylation sites (tertiary alicyclic amines) is 2. The number of fused-ring (bicyclic) bond motifs is 2. The van der Waals surface area contributed by atoms with Crippen LogP contribution in [0.5, 0.6) is 0 Å². The molecule has 0 N–H and O–H groups in total. The van der Waals surface area contributed by atoms with Gasteiger partial charge in [-0.2, -0.15) is 0 Å². The van der Waals surface area contributed by atoms with Gasteiger partial charge in [-0.15, -0.1) is 0 Å². The van der Waals surface area contributed by atoms with E-state index in [1.165, 1.54) is 43.9 Å². The molecular weight excluding hydrogens is 282 g/mol. The van der Waals surface area contributed by atoms with Crippen LogP contribution in [0.3, 0.4) is 0 Å². The third-order valence-electron chi connectivity index (χ3n) is 5.09. The maximum Gasteiger partial charge on any atom is 0.0543 e. The summed E-state index contributed by atoms with van der Waals surface area (Å²) in [6, 6.07) is 17.1. The van der Waals surface area contributed by atoms with Gasteiger partial charge in [0, 0.05) is 45.5 Å². The summed E-state index contributed by atoms with van der Waals surface area (Å²) in [5, 5.41) is 0. The maximum atomic E-state index is 4.49. The normalized spacial score (nSPS) is 25.4. The minimum Gasteiger partial charge on any atom is -0.298 e. The van der Waals surface area contributed by atoms with Crippen LogP contribution in [-0.4, -0.2) is 41.0 Å². The molecule has 2 saturated heterocycles. The summed E-state index contributed by atoms with van der Waals surface area (Å²) in [4.78, 5) is 9.76. The van der Waals surface area contributed by atoms with Gasteiger partial charge in [0.25, 0.3) is 0 Å². The summed E-state index contributed by atoms with van der Waals surface area (Å²) in [5.74, 6) is 1.63. The van der Waals surface area contributed by atoms with Gasteiger partial charge in [0.1, 0.15) is 0 Å². The van der Waals surface area contributed by atoms with Crippen LogP contribution in [0.25, 0.3) is 0 Å². The summed E-state index contributed by atoms with van der Waals surface area (Å²) in [6.07, 6.45) is 3.31. The molecule has 0 amide bonds. The highest BCUT2D eigenvalue weighted by molar-refractivity contribution is 5.14. The fraction of sp³-hybridized carbons (Fsp3) is 0.450. The van der Waals surface area contributed by atoms with Crippen LogP contribution < -0.4 is 0 Å². The van der Waals surface area contributed by atoms with Gasteiger partial charge in [-0.05, 0) is 36.0 Å². The van der Waals surface area contributed by atoms with E-state index in [0.717, 1.165) is 24.9 Å². The van der Waals surface area contributed by atoms with E-state index >= 15 is 0 Å². The number of benzene rings is 1. The smallest absolute Gasteiger partial charge is 0.0543 e. The molecule has 0 saturated carbocycles. The zero-order chi connectivity index (χ0) is 15.5. The van der Waals surface area contributed by atoms with Crippen molar-refractivity contribution < 1.29 is 0 Å². The Morgan fingerprint density at radius 3 is 2.09 bits per heavy atom. The lowest BCUT2D eigenvalue weighted by Gasteiger charge is -2.45. The van der Waals surface area contributed by atoms with Crippen molar-refractivity contribution in [1.29, 1.82) is 0 Å². The third kappa shape index (κ3) is 3.80. The van der Waals surface area contributed by atoms with Crippen LogP contribution in [0.2, 0.25) is 0 Å². The molecule has 2 aromatic rings. The summed E-state index contributed by atoms with van der Waals surface area (Å²) >= 11 is 0. The SMILES string of the molecule is c1ccc(CN2CC3CC(C2)CN(Cc2ccccn2)C3)cc1. The second-order valence-electron chi connectivity index (χ2n) is 7.16. The number of hydrogen-bond donors (Lipinski definition) is 0. The predicted octanol–water partition coefficient (Wildman–Crippen LogP) is 3.04. The second kappa shape index (κ2) is 6.81. The van der Waals surface area contributed by atoms with Gasteiger partial charge in [0.15, 0.2) is 0 Å². The van der Waals surface area contributed by atoms with Crippen LogP contribution in [0, 0.1) is 11.8 Å². The molecule has 0 spiro atoms. The van der Waals surface area contributed by atoms with Gasteiger partial charge < -0.3 is 0 Å². The summed E-state index contributed by atoms with van der Waals surface area (Å²) in [6.45, 7) is 7.03. The lowest BCUT2D eigenvalue weighted by atomic mass is 9.84. The third-order valence-corrected chi connectivity index (χ3v) is 5.09. The Labute approximate surface area is 139 Å². The van der Waals surface area contributed by atoms with E-state index in [0.29, 0.717) is 0 Å². The summed E-state index contributed by atoms with van der Waals surface area (Å²) in [7, 11) is 0. The monoisotopic (exact) mass is 307 g/mol. The van der Waals surface area contributed by atoms with Crippen LogP contribution in [0.15, 0.2) is 54.7 Å². The molecule has 2 atom stereocenters. The highest BCUT2D eigenvalue weighted by atomic mass is 15.2.